The second kappa shape index (κ2) is 9.90. The highest BCUT2D eigenvalue weighted by Gasteiger charge is 2.50. The SMILES string of the molecule is COc1ccc([C@H]2CC(c3cccs3)=NN2C(=O)CN2C(=O)N[C@@](C)(c3ccc(F)cc3)C2=O)cc1OC. The van der Waals surface area contributed by atoms with E-state index in [9.17, 15) is 18.8 Å². The Morgan fingerprint density at radius 3 is 2.53 bits per heavy atom. The molecule has 0 radical (unpaired) electrons. The molecule has 2 aliphatic rings. The minimum absolute atomic E-state index is 0.412. The van der Waals surface area contributed by atoms with E-state index in [1.807, 2.05) is 23.6 Å². The molecule has 9 nitrogen and oxygen atoms in total. The van der Waals surface area contributed by atoms with Gasteiger partial charge in [-0.2, -0.15) is 5.10 Å². The molecule has 0 aliphatic carbocycles. The summed E-state index contributed by atoms with van der Waals surface area (Å²) in [5.74, 6) is -0.539. The fourth-order valence-corrected chi connectivity index (χ4v) is 5.40. The predicted molar refractivity (Wildman–Crippen MR) is 139 cm³/mol. The molecule has 196 valence electrons. The van der Waals surface area contributed by atoms with Gasteiger partial charge in [-0.3, -0.25) is 14.5 Å². The molecule has 0 spiro atoms. The molecule has 1 aromatic heterocycles. The topological polar surface area (TPSA) is 101 Å². The number of hydrogen-bond donors (Lipinski definition) is 1. The zero-order chi connectivity index (χ0) is 27.0. The number of rotatable bonds is 7. The van der Waals surface area contributed by atoms with Gasteiger partial charge in [-0.25, -0.2) is 14.2 Å². The van der Waals surface area contributed by atoms with Gasteiger partial charge >= 0.3 is 6.03 Å². The summed E-state index contributed by atoms with van der Waals surface area (Å²) < 4.78 is 24.2. The van der Waals surface area contributed by atoms with Crippen LogP contribution in [-0.4, -0.2) is 54.2 Å². The summed E-state index contributed by atoms with van der Waals surface area (Å²) in [4.78, 5) is 41.6. The van der Waals surface area contributed by atoms with Crippen LogP contribution in [-0.2, 0) is 15.1 Å². The van der Waals surface area contributed by atoms with Crippen LogP contribution in [0.4, 0.5) is 9.18 Å². The molecule has 38 heavy (non-hydrogen) atoms. The first kappa shape index (κ1) is 25.4. The Kier molecular flexibility index (Phi) is 6.62. The summed E-state index contributed by atoms with van der Waals surface area (Å²) >= 11 is 1.51. The fourth-order valence-electron chi connectivity index (χ4n) is 4.68. The Balaban J connectivity index is 1.43. The Morgan fingerprint density at radius 2 is 1.87 bits per heavy atom. The van der Waals surface area contributed by atoms with E-state index in [0.29, 0.717) is 23.5 Å². The summed E-state index contributed by atoms with van der Waals surface area (Å²) in [6, 6.07) is 13.3. The van der Waals surface area contributed by atoms with Crippen molar-refractivity contribution in [1.82, 2.24) is 15.2 Å². The maximum absolute atomic E-state index is 13.6. The molecule has 2 aromatic carbocycles. The third-order valence-electron chi connectivity index (χ3n) is 6.75. The van der Waals surface area contributed by atoms with Crippen LogP contribution in [0.3, 0.4) is 0 Å². The molecule has 0 unspecified atom stereocenters. The number of hydrazone groups is 1. The molecule has 1 saturated heterocycles. The van der Waals surface area contributed by atoms with Gasteiger partial charge < -0.3 is 14.8 Å². The van der Waals surface area contributed by atoms with Crippen LogP contribution in [0.25, 0.3) is 0 Å². The summed E-state index contributed by atoms with van der Waals surface area (Å²) in [6.45, 7) is 1.02. The van der Waals surface area contributed by atoms with Crippen molar-refractivity contribution in [3.63, 3.8) is 0 Å². The van der Waals surface area contributed by atoms with Crippen LogP contribution >= 0.6 is 11.3 Å². The molecule has 2 aliphatic heterocycles. The maximum atomic E-state index is 13.6. The van der Waals surface area contributed by atoms with Gasteiger partial charge in [-0.15, -0.1) is 11.3 Å². The van der Waals surface area contributed by atoms with Crippen molar-refractivity contribution in [2.45, 2.75) is 24.9 Å². The Hall–Kier alpha value is -4.25. The van der Waals surface area contributed by atoms with E-state index in [1.54, 1.807) is 19.2 Å². The highest BCUT2D eigenvalue weighted by molar-refractivity contribution is 7.12. The molecule has 1 N–H and O–H groups in total. The molecule has 11 heteroatoms. The van der Waals surface area contributed by atoms with E-state index in [2.05, 4.69) is 10.4 Å². The standard InChI is InChI=1S/C27H25FN4O5S/c1-27(17-7-9-18(28)10-8-17)25(34)31(26(35)29-27)15-24(33)32-20(14-19(30-32)23-5-4-12-38-23)16-6-11-21(36-2)22(13-16)37-3/h4-13,20H,14-15H2,1-3H3,(H,29,35)/t20-,27+/m1/s1. The maximum Gasteiger partial charge on any atom is 0.325 e. The average Bonchev–Trinajstić information content (AvgIpc) is 3.65. The molecule has 5 rings (SSSR count). The zero-order valence-corrected chi connectivity index (χ0v) is 21.8. The number of urea groups is 1. The van der Waals surface area contributed by atoms with Gasteiger partial charge in [-0.1, -0.05) is 24.3 Å². The largest absolute Gasteiger partial charge is 0.493 e. The Bertz CT molecular complexity index is 1430. The van der Waals surface area contributed by atoms with E-state index >= 15 is 0 Å². The van der Waals surface area contributed by atoms with E-state index < -0.39 is 41.8 Å². The lowest BCUT2D eigenvalue weighted by Gasteiger charge is -2.25. The van der Waals surface area contributed by atoms with Gasteiger partial charge in [0.1, 0.15) is 17.9 Å². The monoisotopic (exact) mass is 536 g/mol. The average molecular weight is 537 g/mol. The molecule has 1 fully saturated rings. The van der Waals surface area contributed by atoms with Gasteiger partial charge in [-0.05, 0) is 53.8 Å². The molecular formula is C27H25FN4O5S. The number of benzene rings is 2. The smallest absolute Gasteiger partial charge is 0.325 e. The van der Waals surface area contributed by atoms with Crippen LogP contribution < -0.4 is 14.8 Å². The third kappa shape index (κ3) is 4.38. The molecule has 3 aromatic rings. The first-order valence-corrected chi connectivity index (χ1v) is 12.7. The van der Waals surface area contributed by atoms with E-state index in [-0.39, 0.29) is 0 Å². The molecule has 4 amide bonds. The molecule has 0 bridgehead atoms. The lowest BCUT2D eigenvalue weighted by atomic mass is 9.92. The van der Waals surface area contributed by atoms with Crippen molar-refractivity contribution in [3.8, 4) is 11.5 Å². The minimum Gasteiger partial charge on any atom is -0.493 e. The van der Waals surface area contributed by atoms with Gasteiger partial charge in [0.25, 0.3) is 11.8 Å². The van der Waals surface area contributed by atoms with E-state index in [4.69, 9.17) is 9.47 Å². The van der Waals surface area contributed by atoms with Crippen LogP contribution in [0.2, 0.25) is 0 Å². The summed E-state index contributed by atoms with van der Waals surface area (Å²) in [6.07, 6.45) is 0.440. The number of nitrogens with one attached hydrogen (secondary N) is 1. The van der Waals surface area contributed by atoms with Gasteiger partial charge in [0, 0.05) is 6.42 Å². The van der Waals surface area contributed by atoms with Gasteiger partial charge in [0.2, 0.25) is 0 Å². The summed E-state index contributed by atoms with van der Waals surface area (Å²) in [5, 5.41) is 10.5. The number of hydrogen-bond acceptors (Lipinski definition) is 7. The lowest BCUT2D eigenvalue weighted by molar-refractivity contribution is -0.140. The van der Waals surface area contributed by atoms with Crippen LogP contribution in [0.5, 0.6) is 11.5 Å². The number of methoxy groups -OCH3 is 2. The summed E-state index contributed by atoms with van der Waals surface area (Å²) in [7, 11) is 3.07. The fraction of sp³-hybridized carbons (Fsp3) is 0.259. The van der Waals surface area contributed by atoms with Crippen molar-refractivity contribution >= 4 is 34.9 Å². The van der Waals surface area contributed by atoms with E-state index in [1.165, 1.54) is 54.6 Å². The first-order chi connectivity index (χ1) is 18.2. The van der Waals surface area contributed by atoms with Crippen molar-refractivity contribution in [3.05, 3.63) is 81.8 Å². The zero-order valence-electron chi connectivity index (χ0n) is 20.9. The van der Waals surface area contributed by atoms with E-state index in [0.717, 1.165) is 21.1 Å². The Morgan fingerprint density at radius 1 is 1.13 bits per heavy atom. The van der Waals surface area contributed by atoms with Crippen molar-refractivity contribution in [2.75, 3.05) is 20.8 Å². The van der Waals surface area contributed by atoms with Gasteiger partial charge in [0.15, 0.2) is 11.5 Å². The normalized spacial score (nSPS) is 20.9. The van der Waals surface area contributed by atoms with Crippen molar-refractivity contribution < 1.29 is 28.2 Å². The molecule has 3 heterocycles. The number of carbonyl (C=O) groups excluding carboxylic acids is 3. The summed E-state index contributed by atoms with van der Waals surface area (Å²) in [5.41, 5.74) is 0.472. The predicted octanol–water partition coefficient (Wildman–Crippen LogP) is 4.05. The first-order valence-electron chi connectivity index (χ1n) is 11.8. The van der Waals surface area contributed by atoms with Crippen LogP contribution in [0.1, 0.15) is 35.4 Å². The second-order valence-corrected chi connectivity index (χ2v) is 10.00. The van der Waals surface area contributed by atoms with Crippen molar-refractivity contribution in [1.29, 1.82) is 0 Å². The highest BCUT2D eigenvalue weighted by Crippen LogP contribution is 2.38. The molecular weight excluding hydrogens is 511 g/mol. The number of thiophene rings is 1. The number of halogens is 1. The number of ether oxygens (including phenoxy) is 2. The number of nitrogens with zero attached hydrogens (tertiary/aromatic N) is 3. The number of carbonyl (C=O) groups is 3. The lowest BCUT2D eigenvalue weighted by Crippen LogP contribution is -2.43. The number of amides is 4. The van der Waals surface area contributed by atoms with Gasteiger partial charge in [0.05, 0.1) is 30.9 Å². The minimum atomic E-state index is -1.43. The highest BCUT2D eigenvalue weighted by atomic mass is 32.1. The quantitative estimate of drug-likeness (QED) is 0.460. The van der Waals surface area contributed by atoms with Crippen LogP contribution in [0.15, 0.2) is 65.1 Å². The Labute approximate surface area is 222 Å². The van der Waals surface area contributed by atoms with Crippen molar-refractivity contribution in [2.24, 2.45) is 5.10 Å². The number of imide groups is 1. The third-order valence-corrected chi connectivity index (χ3v) is 7.67. The second-order valence-electron chi connectivity index (χ2n) is 9.05. The molecule has 2 atom stereocenters. The van der Waals surface area contributed by atoms with Crippen LogP contribution in [0, 0.1) is 5.82 Å². The molecule has 0 saturated carbocycles.